The van der Waals surface area contributed by atoms with Gasteiger partial charge in [-0.3, -0.25) is 20.4 Å². The Morgan fingerprint density at radius 2 is 1.78 bits per heavy atom. The summed E-state index contributed by atoms with van der Waals surface area (Å²) in [6.45, 7) is 6.16. The van der Waals surface area contributed by atoms with Crippen LogP contribution in [0.25, 0.3) is 6.08 Å². The molecule has 27 heavy (non-hydrogen) atoms. The largest absolute Gasteiger partial charge is 0.483 e. The number of hydrogen-bond donors (Lipinski definition) is 2. The lowest BCUT2D eigenvalue weighted by atomic mass is 9.87. The van der Waals surface area contributed by atoms with Crippen LogP contribution in [0.5, 0.6) is 5.75 Å². The van der Waals surface area contributed by atoms with Gasteiger partial charge in [-0.25, -0.2) is 0 Å². The van der Waals surface area contributed by atoms with Gasteiger partial charge in [0.1, 0.15) is 5.75 Å². The first-order valence-electron chi connectivity index (χ1n) is 8.50. The molecular formula is C21H23BrN2O3. The molecule has 5 nitrogen and oxygen atoms in total. The minimum atomic E-state index is -0.455. The summed E-state index contributed by atoms with van der Waals surface area (Å²) >= 11 is 3.46. The van der Waals surface area contributed by atoms with Gasteiger partial charge in [0.2, 0.25) is 0 Å². The number of carbonyl (C=O) groups excluding carboxylic acids is 2. The predicted molar refractivity (Wildman–Crippen MR) is 110 cm³/mol. The van der Waals surface area contributed by atoms with Gasteiger partial charge in [0.15, 0.2) is 6.61 Å². The van der Waals surface area contributed by atoms with Crippen molar-refractivity contribution in [3.63, 3.8) is 0 Å². The van der Waals surface area contributed by atoms with E-state index in [2.05, 4.69) is 47.6 Å². The SMILES string of the molecule is CC(C)(C)c1ccc(OCC(=O)NNC(=O)C=Cc2ccccc2)c(Br)c1. The van der Waals surface area contributed by atoms with Crippen molar-refractivity contribution in [2.24, 2.45) is 0 Å². The monoisotopic (exact) mass is 430 g/mol. The number of hydrogen-bond acceptors (Lipinski definition) is 3. The predicted octanol–water partition coefficient (Wildman–Crippen LogP) is 3.99. The smallest absolute Gasteiger partial charge is 0.276 e. The Kier molecular flexibility index (Phi) is 7.19. The van der Waals surface area contributed by atoms with Gasteiger partial charge in [-0.05, 0) is 50.7 Å². The molecule has 2 aromatic carbocycles. The molecule has 0 aromatic heterocycles. The molecule has 2 N–H and O–H groups in total. The van der Waals surface area contributed by atoms with Crippen LogP contribution in [0.2, 0.25) is 0 Å². The molecule has 6 heteroatoms. The molecular weight excluding hydrogens is 408 g/mol. The Morgan fingerprint density at radius 3 is 2.41 bits per heavy atom. The summed E-state index contributed by atoms with van der Waals surface area (Å²) in [5.74, 6) is -0.320. The third-order valence-electron chi connectivity index (χ3n) is 3.71. The zero-order valence-electron chi connectivity index (χ0n) is 15.6. The van der Waals surface area contributed by atoms with E-state index >= 15 is 0 Å². The zero-order chi connectivity index (χ0) is 19.9. The molecule has 142 valence electrons. The van der Waals surface area contributed by atoms with Gasteiger partial charge < -0.3 is 4.74 Å². The van der Waals surface area contributed by atoms with Gasteiger partial charge in [0, 0.05) is 6.08 Å². The molecule has 0 aliphatic rings. The Hall–Kier alpha value is -2.60. The Balaban J connectivity index is 1.79. The maximum atomic E-state index is 11.8. The van der Waals surface area contributed by atoms with E-state index < -0.39 is 11.8 Å². The molecule has 0 heterocycles. The minimum Gasteiger partial charge on any atom is -0.483 e. The number of rotatable bonds is 5. The van der Waals surface area contributed by atoms with Crippen molar-refractivity contribution in [1.29, 1.82) is 0 Å². The summed E-state index contributed by atoms with van der Waals surface area (Å²) in [6.07, 6.45) is 3.00. The highest BCUT2D eigenvalue weighted by atomic mass is 79.9. The summed E-state index contributed by atoms with van der Waals surface area (Å²) < 4.78 is 6.28. The molecule has 0 atom stereocenters. The number of hydrazine groups is 1. The molecule has 0 aliphatic carbocycles. The first kappa shape index (κ1) is 20.7. The average molecular weight is 431 g/mol. The number of benzene rings is 2. The van der Waals surface area contributed by atoms with E-state index in [0.717, 1.165) is 15.6 Å². The van der Waals surface area contributed by atoms with Crippen LogP contribution in [-0.2, 0) is 15.0 Å². The molecule has 0 saturated carbocycles. The molecule has 0 bridgehead atoms. The molecule has 0 unspecified atom stereocenters. The second-order valence-corrected chi connectivity index (χ2v) is 7.82. The molecule has 0 saturated heterocycles. The number of halogens is 1. The van der Waals surface area contributed by atoms with Gasteiger partial charge in [0.25, 0.3) is 11.8 Å². The molecule has 0 aliphatic heterocycles. The van der Waals surface area contributed by atoms with Crippen molar-refractivity contribution in [3.05, 3.63) is 70.2 Å². The van der Waals surface area contributed by atoms with Gasteiger partial charge >= 0.3 is 0 Å². The average Bonchev–Trinajstić information content (AvgIpc) is 2.63. The van der Waals surface area contributed by atoms with Gasteiger partial charge in [-0.15, -0.1) is 0 Å². The first-order valence-corrected chi connectivity index (χ1v) is 9.30. The van der Waals surface area contributed by atoms with Crippen molar-refractivity contribution in [1.82, 2.24) is 10.9 Å². The highest BCUT2D eigenvalue weighted by Gasteiger charge is 2.15. The van der Waals surface area contributed by atoms with Crippen molar-refractivity contribution < 1.29 is 14.3 Å². The number of amides is 2. The van der Waals surface area contributed by atoms with Crippen LogP contribution >= 0.6 is 15.9 Å². The summed E-state index contributed by atoms with van der Waals surface area (Å²) in [5.41, 5.74) is 6.70. The third kappa shape index (κ3) is 6.90. The first-order chi connectivity index (χ1) is 12.8. The summed E-state index contributed by atoms with van der Waals surface area (Å²) in [4.78, 5) is 23.6. The van der Waals surface area contributed by atoms with Crippen LogP contribution in [0.3, 0.4) is 0 Å². The minimum absolute atomic E-state index is 0.0238. The van der Waals surface area contributed by atoms with Crippen LogP contribution in [0.1, 0.15) is 31.9 Å². The van der Waals surface area contributed by atoms with Crippen LogP contribution in [0, 0.1) is 0 Å². The Bertz CT molecular complexity index is 827. The van der Waals surface area contributed by atoms with E-state index in [1.54, 1.807) is 6.08 Å². The highest BCUT2D eigenvalue weighted by molar-refractivity contribution is 9.10. The normalized spacial score (nSPS) is 11.3. The number of ether oxygens (including phenoxy) is 1. The van der Waals surface area contributed by atoms with Crippen molar-refractivity contribution in [2.45, 2.75) is 26.2 Å². The van der Waals surface area contributed by atoms with E-state index in [4.69, 9.17) is 4.74 Å². The van der Waals surface area contributed by atoms with Crippen LogP contribution < -0.4 is 15.6 Å². The molecule has 2 rings (SSSR count). The number of carbonyl (C=O) groups is 2. The van der Waals surface area contributed by atoms with Crippen molar-refractivity contribution in [3.8, 4) is 5.75 Å². The topological polar surface area (TPSA) is 67.4 Å². The van der Waals surface area contributed by atoms with E-state index in [1.165, 1.54) is 6.08 Å². The van der Waals surface area contributed by atoms with Gasteiger partial charge in [-0.1, -0.05) is 57.2 Å². The van der Waals surface area contributed by atoms with E-state index in [9.17, 15) is 9.59 Å². The second kappa shape index (κ2) is 9.37. The van der Waals surface area contributed by atoms with E-state index in [0.29, 0.717) is 5.75 Å². The summed E-state index contributed by atoms with van der Waals surface area (Å²) in [5, 5.41) is 0. The van der Waals surface area contributed by atoms with Crippen molar-refractivity contribution >= 4 is 33.8 Å². The number of nitrogens with one attached hydrogen (secondary N) is 2. The lowest BCUT2D eigenvalue weighted by Crippen LogP contribution is -2.43. The lowest BCUT2D eigenvalue weighted by molar-refractivity contribution is -0.128. The van der Waals surface area contributed by atoms with Crippen LogP contribution in [0.4, 0.5) is 0 Å². The fourth-order valence-corrected chi connectivity index (χ4v) is 2.67. The molecule has 2 aromatic rings. The standard InChI is InChI=1S/C21H23BrN2O3/c1-21(2,3)16-10-11-18(17(22)13-16)27-14-20(26)24-23-19(25)12-9-15-7-5-4-6-8-15/h4-13H,14H2,1-3H3,(H,23,25)(H,24,26). The fraction of sp³-hybridized carbons (Fsp3) is 0.238. The van der Waals surface area contributed by atoms with E-state index in [-0.39, 0.29) is 12.0 Å². The summed E-state index contributed by atoms with van der Waals surface area (Å²) in [6, 6.07) is 15.2. The van der Waals surface area contributed by atoms with E-state index in [1.807, 2.05) is 48.5 Å². The maximum absolute atomic E-state index is 11.8. The lowest BCUT2D eigenvalue weighted by Gasteiger charge is -2.20. The van der Waals surface area contributed by atoms with Crippen LogP contribution in [-0.4, -0.2) is 18.4 Å². The fourth-order valence-electron chi connectivity index (χ4n) is 2.17. The molecule has 0 spiro atoms. The zero-order valence-corrected chi connectivity index (χ0v) is 17.2. The van der Waals surface area contributed by atoms with Crippen molar-refractivity contribution in [2.75, 3.05) is 6.61 Å². The van der Waals surface area contributed by atoms with Gasteiger partial charge in [-0.2, -0.15) is 0 Å². The molecule has 0 radical (unpaired) electrons. The Labute approximate surface area is 167 Å². The quantitative estimate of drug-likeness (QED) is 0.556. The van der Waals surface area contributed by atoms with Crippen LogP contribution in [0.15, 0.2) is 59.1 Å². The second-order valence-electron chi connectivity index (χ2n) is 6.97. The van der Waals surface area contributed by atoms with Gasteiger partial charge in [0.05, 0.1) is 4.47 Å². The third-order valence-corrected chi connectivity index (χ3v) is 4.33. The molecule has 2 amide bonds. The Morgan fingerprint density at radius 1 is 1.07 bits per heavy atom. The summed E-state index contributed by atoms with van der Waals surface area (Å²) in [7, 11) is 0. The highest BCUT2D eigenvalue weighted by Crippen LogP contribution is 2.31. The maximum Gasteiger partial charge on any atom is 0.276 e. The molecule has 0 fully saturated rings.